The third kappa shape index (κ3) is 4.27. The van der Waals surface area contributed by atoms with Crippen molar-refractivity contribution in [2.45, 2.75) is 89.9 Å². The molecule has 2 rings (SSSR count). The summed E-state index contributed by atoms with van der Waals surface area (Å²) >= 11 is 0. The molecule has 148 valence electrons. The zero-order chi connectivity index (χ0) is 19.3. The van der Waals surface area contributed by atoms with E-state index in [1.165, 1.54) is 17.7 Å². The zero-order valence-corrected chi connectivity index (χ0v) is 16.6. The quantitative estimate of drug-likeness (QED) is 0.487. The Morgan fingerprint density at radius 2 is 1.96 bits per heavy atom. The van der Waals surface area contributed by atoms with Crippen molar-refractivity contribution in [1.82, 2.24) is 9.80 Å². The lowest BCUT2D eigenvalue weighted by Crippen LogP contribution is -2.56. The molecule has 0 bridgehead atoms. The molecule has 1 amide bonds. The lowest BCUT2D eigenvalue weighted by atomic mass is 9.84. The van der Waals surface area contributed by atoms with Crippen molar-refractivity contribution in [3.63, 3.8) is 0 Å². The van der Waals surface area contributed by atoms with Crippen LogP contribution in [0.25, 0.3) is 0 Å². The normalized spacial score (nSPS) is 28.1. The molecule has 2 fully saturated rings. The van der Waals surface area contributed by atoms with E-state index in [1.54, 1.807) is 13.8 Å². The highest BCUT2D eigenvalue weighted by molar-refractivity contribution is 5.90. The van der Waals surface area contributed by atoms with Crippen LogP contribution in [0.2, 0.25) is 0 Å². The number of rotatable bonds is 8. The topological polar surface area (TPSA) is 66.9 Å². The highest BCUT2D eigenvalue weighted by atomic mass is 16.5. The summed E-state index contributed by atoms with van der Waals surface area (Å²) in [4.78, 5) is 41.1. The minimum Gasteiger partial charge on any atom is -0.464 e. The van der Waals surface area contributed by atoms with E-state index in [2.05, 4.69) is 4.90 Å². The van der Waals surface area contributed by atoms with E-state index >= 15 is 0 Å². The number of aldehydes is 1. The first-order valence-electron chi connectivity index (χ1n) is 10.1. The van der Waals surface area contributed by atoms with Gasteiger partial charge in [0, 0.05) is 6.04 Å². The molecule has 0 N–H and O–H groups in total. The maximum Gasteiger partial charge on any atom is 0.328 e. The van der Waals surface area contributed by atoms with Crippen LogP contribution in [-0.2, 0) is 19.1 Å². The molecule has 1 aliphatic carbocycles. The lowest BCUT2D eigenvalue weighted by Gasteiger charge is -2.37. The molecule has 1 aliphatic heterocycles. The van der Waals surface area contributed by atoms with Crippen molar-refractivity contribution in [3.05, 3.63) is 0 Å². The largest absolute Gasteiger partial charge is 0.464 e. The summed E-state index contributed by atoms with van der Waals surface area (Å²) in [6.07, 6.45) is 7.55. The van der Waals surface area contributed by atoms with Crippen molar-refractivity contribution < 1.29 is 19.1 Å². The first-order valence-corrected chi connectivity index (χ1v) is 10.1. The second kappa shape index (κ2) is 9.49. The number of likely N-dealkylation sites (N-methyl/N-ethyl adjacent to an activating group) is 1. The summed E-state index contributed by atoms with van der Waals surface area (Å²) in [6.45, 7) is 5.68. The first kappa shape index (κ1) is 20.9. The number of ether oxygens (including phenoxy) is 1. The van der Waals surface area contributed by atoms with E-state index < -0.39 is 18.1 Å². The standard InChI is InChI=1S/C20H34N2O4/c1-5-9-17(20(25)26-6-2)22(14(3)13-23)19(24)18-12-15-10-7-8-11-16(15)21(18)4/h13-18H,5-12H2,1-4H3. The molecule has 0 aromatic heterocycles. The van der Waals surface area contributed by atoms with Gasteiger partial charge in [-0.3, -0.25) is 9.69 Å². The van der Waals surface area contributed by atoms with Gasteiger partial charge < -0.3 is 14.4 Å². The third-order valence-corrected chi connectivity index (χ3v) is 6.04. The lowest BCUT2D eigenvalue weighted by molar-refractivity contribution is -0.159. The number of fused-ring (bicyclic) bond motifs is 1. The number of carbonyl (C=O) groups excluding carboxylic acids is 3. The molecule has 1 saturated heterocycles. The van der Waals surface area contributed by atoms with Crippen LogP contribution in [0.3, 0.4) is 0 Å². The van der Waals surface area contributed by atoms with Crippen LogP contribution in [0, 0.1) is 5.92 Å². The van der Waals surface area contributed by atoms with Crippen LogP contribution in [0.1, 0.15) is 65.7 Å². The number of carbonyl (C=O) groups is 3. The van der Waals surface area contributed by atoms with Gasteiger partial charge in [-0.15, -0.1) is 0 Å². The van der Waals surface area contributed by atoms with Crippen LogP contribution < -0.4 is 0 Å². The van der Waals surface area contributed by atoms with Crippen molar-refractivity contribution in [1.29, 1.82) is 0 Å². The van der Waals surface area contributed by atoms with Gasteiger partial charge >= 0.3 is 5.97 Å². The molecule has 6 heteroatoms. The fourth-order valence-electron chi connectivity index (χ4n) is 4.72. The molecular weight excluding hydrogens is 332 g/mol. The van der Waals surface area contributed by atoms with Gasteiger partial charge in [-0.05, 0) is 52.5 Å². The fraction of sp³-hybridized carbons (Fsp3) is 0.850. The van der Waals surface area contributed by atoms with Gasteiger partial charge in [0.15, 0.2) is 0 Å². The van der Waals surface area contributed by atoms with E-state index in [9.17, 15) is 14.4 Å². The average Bonchev–Trinajstić information content (AvgIpc) is 2.98. The monoisotopic (exact) mass is 366 g/mol. The molecule has 5 atom stereocenters. The zero-order valence-electron chi connectivity index (χ0n) is 16.6. The summed E-state index contributed by atoms with van der Waals surface area (Å²) in [6, 6.07) is -1.14. The predicted molar refractivity (Wildman–Crippen MR) is 99.6 cm³/mol. The van der Waals surface area contributed by atoms with Gasteiger partial charge in [0.2, 0.25) is 5.91 Å². The second-order valence-electron chi connectivity index (χ2n) is 7.71. The van der Waals surface area contributed by atoms with Gasteiger partial charge in [-0.2, -0.15) is 0 Å². The van der Waals surface area contributed by atoms with E-state index in [0.29, 0.717) is 18.4 Å². The number of esters is 1. The number of amides is 1. The van der Waals surface area contributed by atoms with Crippen LogP contribution in [0.4, 0.5) is 0 Å². The summed E-state index contributed by atoms with van der Waals surface area (Å²) in [7, 11) is 2.02. The Morgan fingerprint density at radius 1 is 1.27 bits per heavy atom. The summed E-state index contributed by atoms with van der Waals surface area (Å²) in [5, 5.41) is 0. The Labute approximate surface area is 157 Å². The van der Waals surface area contributed by atoms with Gasteiger partial charge in [-0.25, -0.2) is 4.79 Å². The van der Waals surface area contributed by atoms with Gasteiger partial charge in [0.1, 0.15) is 12.3 Å². The molecule has 26 heavy (non-hydrogen) atoms. The molecule has 1 heterocycles. The highest BCUT2D eigenvalue weighted by Gasteiger charge is 2.46. The van der Waals surface area contributed by atoms with Crippen LogP contribution in [-0.4, -0.2) is 65.8 Å². The molecule has 2 aliphatic rings. The Balaban J connectivity index is 2.25. The molecule has 6 nitrogen and oxygen atoms in total. The minimum absolute atomic E-state index is 0.104. The second-order valence-corrected chi connectivity index (χ2v) is 7.71. The van der Waals surface area contributed by atoms with Crippen molar-refractivity contribution in [3.8, 4) is 0 Å². The first-order chi connectivity index (χ1) is 12.5. The van der Waals surface area contributed by atoms with Crippen molar-refractivity contribution in [2.75, 3.05) is 13.7 Å². The highest BCUT2D eigenvalue weighted by Crippen LogP contribution is 2.39. The smallest absolute Gasteiger partial charge is 0.328 e. The molecule has 5 unspecified atom stereocenters. The minimum atomic E-state index is -0.691. The molecule has 1 saturated carbocycles. The molecule has 0 spiro atoms. The van der Waals surface area contributed by atoms with E-state index in [0.717, 1.165) is 32.0 Å². The number of nitrogens with zero attached hydrogens (tertiary/aromatic N) is 2. The SMILES string of the molecule is CCCC(C(=O)OCC)N(C(=O)C1CC2CCCCC2N1C)C(C)C=O. The van der Waals surface area contributed by atoms with E-state index in [-0.39, 0.29) is 18.6 Å². The molecule has 0 aromatic carbocycles. The van der Waals surface area contributed by atoms with E-state index in [4.69, 9.17) is 4.74 Å². The summed E-state index contributed by atoms with van der Waals surface area (Å²) in [5.41, 5.74) is 0. The van der Waals surface area contributed by atoms with Crippen LogP contribution in [0.5, 0.6) is 0 Å². The van der Waals surface area contributed by atoms with Crippen molar-refractivity contribution >= 4 is 18.2 Å². The average molecular weight is 367 g/mol. The number of hydrogen-bond acceptors (Lipinski definition) is 5. The van der Waals surface area contributed by atoms with Gasteiger partial charge in [0.05, 0.1) is 18.7 Å². The Kier molecular flexibility index (Phi) is 7.62. The van der Waals surface area contributed by atoms with Gasteiger partial charge in [0.25, 0.3) is 0 Å². The molecular formula is C20H34N2O4. The summed E-state index contributed by atoms with van der Waals surface area (Å²) < 4.78 is 5.20. The van der Waals surface area contributed by atoms with Gasteiger partial charge in [-0.1, -0.05) is 26.2 Å². The van der Waals surface area contributed by atoms with Crippen LogP contribution >= 0.6 is 0 Å². The Morgan fingerprint density at radius 3 is 2.54 bits per heavy atom. The molecule has 0 radical (unpaired) electrons. The number of likely N-dealkylation sites (tertiary alicyclic amines) is 1. The maximum atomic E-state index is 13.4. The number of hydrogen-bond donors (Lipinski definition) is 0. The van der Waals surface area contributed by atoms with E-state index in [1.807, 2.05) is 14.0 Å². The Bertz CT molecular complexity index is 510. The fourth-order valence-corrected chi connectivity index (χ4v) is 4.72. The Hall–Kier alpha value is -1.43. The predicted octanol–water partition coefficient (Wildman–Crippen LogP) is 2.40. The third-order valence-electron chi connectivity index (χ3n) is 6.04. The molecule has 0 aromatic rings. The van der Waals surface area contributed by atoms with Crippen molar-refractivity contribution in [2.24, 2.45) is 5.92 Å². The van der Waals surface area contributed by atoms with Crippen LogP contribution in [0.15, 0.2) is 0 Å². The summed E-state index contributed by atoms with van der Waals surface area (Å²) in [5.74, 6) is 0.0331. The maximum absolute atomic E-state index is 13.4.